The monoisotopic (exact) mass is 395 g/mol. The van der Waals surface area contributed by atoms with Gasteiger partial charge in [0.15, 0.2) is 0 Å². The van der Waals surface area contributed by atoms with Gasteiger partial charge in [0.05, 0.1) is 30.0 Å². The van der Waals surface area contributed by atoms with E-state index in [4.69, 9.17) is 9.47 Å². The number of allylic oxidation sites excluding steroid dienone is 2. The third kappa shape index (κ3) is 3.26. The molecule has 0 amide bonds. The highest BCUT2D eigenvalue weighted by atomic mass is 79.9. The zero-order valence-electron chi connectivity index (χ0n) is 13.3. The molecule has 0 atom stereocenters. The molecule has 1 heterocycles. The van der Waals surface area contributed by atoms with E-state index in [1.54, 1.807) is 25.3 Å². The molecule has 1 aliphatic rings. The Hall–Kier alpha value is -2.41. The second kappa shape index (κ2) is 7.44. The molecule has 1 aromatic rings. The summed E-state index contributed by atoms with van der Waals surface area (Å²) >= 11 is 3.18. The van der Waals surface area contributed by atoms with Crippen LogP contribution in [0.4, 0.5) is 10.1 Å². The van der Waals surface area contributed by atoms with Gasteiger partial charge in [-0.3, -0.25) is 0 Å². The number of halogens is 2. The number of carbonyl (C=O) groups excluding carboxylic acids is 2. The maximum Gasteiger partial charge on any atom is 0.355 e. The Balaban J connectivity index is 2.73. The van der Waals surface area contributed by atoms with E-state index in [1.165, 1.54) is 37.3 Å². The first-order chi connectivity index (χ1) is 11.4. The van der Waals surface area contributed by atoms with Crippen LogP contribution in [-0.2, 0) is 19.1 Å². The maximum absolute atomic E-state index is 13.7. The summed E-state index contributed by atoms with van der Waals surface area (Å²) < 4.78 is 23.6. The molecule has 126 valence electrons. The highest BCUT2D eigenvalue weighted by Gasteiger charge is 2.28. The average molecular weight is 396 g/mol. The number of carbonyl (C=O) groups is 2. The number of hydrogen-bond acceptors (Lipinski definition) is 5. The van der Waals surface area contributed by atoms with Crippen molar-refractivity contribution >= 4 is 33.6 Å². The minimum Gasteiger partial charge on any atom is -0.465 e. The van der Waals surface area contributed by atoms with Crippen LogP contribution in [0, 0.1) is 12.7 Å². The van der Waals surface area contributed by atoms with Crippen molar-refractivity contribution in [3.05, 3.63) is 63.7 Å². The summed E-state index contributed by atoms with van der Waals surface area (Å²) in [5.74, 6) is -1.82. The first-order valence-electron chi connectivity index (χ1n) is 6.92. The van der Waals surface area contributed by atoms with Crippen molar-refractivity contribution in [3.63, 3.8) is 0 Å². The average Bonchev–Trinajstić information content (AvgIpc) is 2.81. The van der Waals surface area contributed by atoms with E-state index in [1.807, 2.05) is 0 Å². The van der Waals surface area contributed by atoms with Crippen molar-refractivity contribution in [2.75, 3.05) is 19.1 Å². The lowest BCUT2D eigenvalue weighted by molar-refractivity contribution is -0.139. The van der Waals surface area contributed by atoms with E-state index in [9.17, 15) is 14.0 Å². The summed E-state index contributed by atoms with van der Waals surface area (Å²) in [5, 5.41) is 0. The van der Waals surface area contributed by atoms with Gasteiger partial charge in [-0.2, -0.15) is 0 Å². The molecule has 0 aliphatic carbocycles. The number of hydrogen-bond donors (Lipinski definition) is 0. The highest BCUT2D eigenvalue weighted by molar-refractivity contribution is 9.10. The first-order valence-corrected chi connectivity index (χ1v) is 7.71. The maximum atomic E-state index is 13.7. The molecule has 0 aromatic heterocycles. The smallest absolute Gasteiger partial charge is 0.355 e. The minimum atomic E-state index is -0.716. The van der Waals surface area contributed by atoms with Crippen molar-refractivity contribution < 1.29 is 23.5 Å². The van der Waals surface area contributed by atoms with Gasteiger partial charge in [-0.05, 0) is 52.7 Å². The lowest BCUT2D eigenvalue weighted by Gasteiger charge is -2.25. The fourth-order valence-electron chi connectivity index (χ4n) is 2.25. The number of esters is 2. The van der Waals surface area contributed by atoms with Crippen molar-refractivity contribution in [2.45, 2.75) is 6.92 Å². The molecule has 2 rings (SSSR count). The van der Waals surface area contributed by atoms with E-state index in [2.05, 4.69) is 15.9 Å². The minimum absolute atomic E-state index is 0.0176. The molecule has 24 heavy (non-hydrogen) atoms. The Morgan fingerprint density at radius 1 is 1.12 bits per heavy atom. The van der Waals surface area contributed by atoms with Crippen LogP contribution in [0.2, 0.25) is 0 Å². The van der Waals surface area contributed by atoms with E-state index >= 15 is 0 Å². The van der Waals surface area contributed by atoms with Gasteiger partial charge < -0.3 is 14.4 Å². The Morgan fingerprint density at radius 2 is 1.79 bits per heavy atom. The zero-order valence-corrected chi connectivity index (χ0v) is 14.9. The number of nitrogens with zero attached hydrogens (tertiary/aromatic N) is 1. The van der Waals surface area contributed by atoms with E-state index in [-0.39, 0.29) is 15.7 Å². The molecule has 1 aliphatic heterocycles. The standard InChI is InChI=1S/C17H15BrFNO4/c1-10-13(8-7-12(19)14(10)18)20-9-5-4-6-11(16(21)23-2)15(20)17(22)24-3/h4-9H,1-3H3. The predicted octanol–water partition coefficient (Wildman–Crippen LogP) is 3.39. The Labute approximate surface area is 147 Å². The Kier molecular flexibility index (Phi) is 5.56. The quantitative estimate of drug-likeness (QED) is 0.734. The van der Waals surface area contributed by atoms with Crippen molar-refractivity contribution in [1.82, 2.24) is 0 Å². The van der Waals surface area contributed by atoms with Gasteiger partial charge in [-0.25, -0.2) is 14.0 Å². The molecule has 0 N–H and O–H groups in total. The number of benzene rings is 1. The summed E-state index contributed by atoms with van der Waals surface area (Å²) in [6.45, 7) is 1.70. The molecular weight excluding hydrogens is 381 g/mol. The van der Waals surface area contributed by atoms with Crippen LogP contribution in [0.3, 0.4) is 0 Å². The van der Waals surface area contributed by atoms with Gasteiger partial charge >= 0.3 is 11.9 Å². The van der Waals surface area contributed by atoms with Crippen LogP contribution in [0.5, 0.6) is 0 Å². The number of rotatable bonds is 3. The van der Waals surface area contributed by atoms with Crippen LogP contribution in [0.1, 0.15) is 5.56 Å². The third-order valence-corrected chi connectivity index (χ3v) is 4.43. The second-order valence-electron chi connectivity index (χ2n) is 4.82. The largest absolute Gasteiger partial charge is 0.465 e. The van der Waals surface area contributed by atoms with E-state index in [0.717, 1.165) is 0 Å². The number of ether oxygens (including phenoxy) is 2. The lowest BCUT2D eigenvalue weighted by Crippen LogP contribution is -2.27. The van der Waals surface area contributed by atoms with E-state index in [0.29, 0.717) is 11.3 Å². The van der Waals surface area contributed by atoms with Crippen LogP contribution in [0.25, 0.3) is 0 Å². The van der Waals surface area contributed by atoms with Gasteiger partial charge in [0, 0.05) is 6.20 Å². The molecule has 0 bridgehead atoms. The summed E-state index contributed by atoms with van der Waals surface area (Å²) in [6.07, 6.45) is 6.30. The summed E-state index contributed by atoms with van der Waals surface area (Å²) in [6, 6.07) is 2.79. The number of methoxy groups -OCH3 is 2. The Bertz CT molecular complexity index is 783. The fourth-order valence-corrected chi connectivity index (χ4v) is 2.59. The molecule has 1 aromatic carbocycles. The molecule has 5 nitrogen and oxygen atoms in total. The van der Waals surface area contributed by atoms with Gasteiger partial charge in [-0.1, -0.05) is 6.08 Å². The van der Waals surface area contributed by atoms with Crippen LogP contribution >= 0.6 is 15.9 Å². The molecule has 0 saturated carbocycles. The molecule has 0 radical (unpaired) electrons. The second-order valence-corrected chi connectivity index (χ2v) is 5.61. The topological polar surface area (TPSA) is 55.8 Å². The van der Waals surface area contributed by atoms with E-state index < -0.39 is 17.8 Å². The highest BCUT2D eigenvalue weighted by Crippen LogP contribution is 2.33. The van der Waals surface area contributed by atoms with Gasteiger partial charge in [0.1, 0.15) is 11.5 Å². The Morgan fingerprint density at radius 3 is 2.42 bits per heavy atom. The van der Waals surface area contributed by atoms with Crippen LogP contribution < -0.4 is 4.90 Å². The van der Waals surface area contributed by atoms with Crippen molar-refractivity contribution in [2.24, 2.45) is 0 Å². The predicted molar refractivity (Wildman–Crippen MR) is 90.7 cm³/mol. The fraction of sp³-hybridized carbons (Fsp3) is 0.176. The number of anilines is 1. The summed E-state index contributed by atoms with van der Waals surface area (Å²) in [5.41, 5.74) is 1.10. The summed E-state index contributed by atoms with van der Waals surface area (Å²) in [7, 11) is 2.44. The molecule has 0 unspecified atom stereocenters. The van der Waals surface area contributed by atoms with Gasteiger partial charge in [0.2, 0.25) is 0 Å². The zero-order chi connectivity index (χ0) is 17.9. The lowest BCUT2D eigenvalue weighted by atomic mass is 10.1. The third-order valence-electron chi connectivity index (χ3n) is 3.46. The first kappa shape index (κ1) is 17.9. The molecular formula is C17H15BrFNO4. The molecule has 0 fully saturated rings. The van der Waals surface area contributed by atoms with Crippen molar-refractivity contribution in [1.29, 1.82) is 0 Å². The molecule has 0 saturated heterocycles. The van der Waals surface area contributed by atoms with Crippen LogP contribution in [0.15, 0.2) is 52.3 Å². The summed E-state index contributed by atoms with van der Waals surface area (Å²) in [4.78, 5) is 25.9. The van der Waals surface area contributed by atoms with Crippen molar-refractivity contribution in [3.8, 4) is 0 Å². The van der Waals surface area contributed by atoms with Gasteiger partial charge in [0.25, 0.3) is 0 Å². The SMILES string of the molecule is COC(=O)C1=C(C(=O)OC)N(c2ccc(F)c(Br)c2C)C=CC=C1. The molecule has 0 spiro atoms. The molecule has 7 heteroatoms. The van der Waals surface area contributed by atoms with Gasteiger partial charge in [-0.15, -0.1) is 0 Å². The van der Waals surface area contributed by atoms with Crippen LogP contribution in [-0.4, -0.2) is 26.2 Å². The normalized spacial score (nSPS) is 13.8.